The summed E-state index contributed by atoms with van der Waals surface area (Å²) in [5.74, 6) is 0. The van der Waals surface area contributed by atoms with Gasteiger partial charge in [0, 0.05) is 35.7 Å². The fourth-order valence-electron chi connectivity index (χ4n) is 2.43. The lowest BCUT2D eigenvalue weighted by atomic mass is 9.84. The van der Waals surface area contributed by atoms with Crippen LogP contribution in [0.5, 0.6) is 0 Å². The van der Waals surface area contributed by atoms with Gasteiger partial charge < -0.3 is 5.32 Å². The van der Waals surface area contributed by atoms with E-state index in [-0.39, 0.29) is 16.0 Å². The molecule has 1 heterocycles. The number of hydrogen-bond acceptors (Lipinski definition) is 4. The Morgan fingerprint density at radius 3 is 2.57 bits per heavy atom. The fraction of sp³-hybridized carbons (Fsp3) is 0.438. The van der Waals surface area contributed by atoms with Crippen LogP contribution in [0.4, 0.5) is 5.69 Å². The van der Waals surface area contributed by atoms with Crippen molar-refractivity contribution in [2.75, 3.05) is 7.05 Å². The van der Waals surface area contributed by atoms with Gasteiger partial charge in [0.2, 0.25) is 0 Å². The average Bonchev–Trinajstić information content (AvgIpc) is 2.42. The van der Waals surface area contributed by atoms with Gasteiger partial charge in [-0.25, -0.2) is 0 Å². The minimum absolute atomic E-state index is 0.0971. The summed E-state index contributed by atoms with van der Waals surface area (Å²) in [4.78, 5) is 15.0. The summed E-state index contributed by atoms with van der Waals surface area (Å²) in [7, 11) is 1.96. The van der Waals surface area contributed by atoms with E-state index in [2.05, 4.69) is 31.1 Å². The highest BCUT2D eigenvalue weighted by Gasteiger charge is 2.23. The third-order valence-electron chi connectivity index (χ3n) is 3.75. The number of rotatable bonds is 4. The van der Waals surface area contributed by atoms with Gasteiger partial charge in [0.05, 0.1) is 10.4 Å². The van der Waals surface area contributed by atoms with Crippen LogP contribution in [0.1, 0.15) is 26.5 Å². The predicted octanol–water partition coefficient (Wildman–Crippen LogP) is 3.32. The van der Waals surface area contributed by atoms with Crippen molar-refractivity contribution in [3.8, 4) is 0 Å². The first kappa shape index (κ1) is 15.4. The third-order valence-corrected chi connectivity index (χ3v) is 3.75. The normalized spacial score (nSPS) is 13.3. The molecule has 5 heteroatoms. The first-order chi connectivity index (χ1) is 9.81. The standard InChI is InChI=1S/C16H21N3O2/c1-16(2,3)15(17-4)10-12-6-5-11-9-13(19(20)21)7-8-14(11)18-12/h5-9,15,17H,10H2,1-4H3. The number of benzene rings is 1. The summed E-state index contributed by atoms with van der Waals surface area (Å²) < 4.78 is 0. The van der Waals surface area contributed by atoms with E-state index in [1.165, 1.54) is 6.07 Å². The fourth-order valence-corrected chi connectivity index (χ4v) is 2.43. The topological polar surface area (TPSA) is 68.1 Å². The molecule has 0 aliphatic heterocycles. The van der Waals surface area contributed by atoms with Gasteiger partial charge in [-0.15, -0.1) is 0 Å². The molecule has 1 aromatic heterocycles. The van der Waals surface area contributed by atoms with Crippen molar-refractivity contribution < 1.29 is 4.92 Å². The summed E-state index contributed by atoms with van der Waals surface area (Å²) in [5, 5.41) is 14.9. The van der Waals surface area contributed by atoms with Gasteiger partial charge in [-0.1, -0.05) is 26.8 Å². The third kappa shape index (κ3) is 3.55. The van der Waals surface area contributed by atoms with Crippen LogP contribution in [0.25, 0.3) is 10.9 Å². The smallest absolute Gasteiger partial charge is 0.270 e. The van der Waals surface area contributed by atoms with Crippen LogP contribution in [0, 0.1) is 15.5 Å². The molecular weight excluding hydrogens is 266 g/mol. The van der Waals surface area contributed by atoms with Crippen LogP contribution in [-0.4, -0.2) is 23.0 Å². The van der Waals surface area contributed by atoms with Crippen LogP contribution in [0.3, 0.4) is 0 Å². The summed E-state index contributed by atoms with van der Waals surface area (Å²) in [6, 6.07) is 8.94. The Kier molecular flexibility index (Phi) is 4.23. The number of nitro groups is 1. The van der Waals surface area contributed by atoms with E-state index in [9.17, 15) is 10.1 Å². The second-order valence-corrected chi connectivity index (χ2v) is 6.35. The molecule has 5 nitrogen and oxygen atoms in total. The Bertz CT molecular complexity index is 662. The minimum atomic E-state index is -0.385. The van der Waals surface area contributed by atoms with E-state index in [1.807, 2.05) is 19.2 Å². The minimum Gasteiger partial charge on any atom is -0.316 e. The number of hydrogen-bond donors (Lipinski definition) is 1. The highest BCUT2D eigenvalue weighted by molar-refractivity contribution is 5.81. The average molecular weight is 287 g/mol. The van der Waals surface area contributed by atoms with Crippen LogP contribution in [0.15, 0.2) is 30.3 Å². The highest BCUT2D eigenvalue weighted by atomic mass is 16.6. The number of nitro benzene ring substituents is 1. The molecule has 112 valence electrons. The zero-order valence-electron chi connectivity index (χ0n) is 12.9. The van der Waals surface area contributed by atoms with Crippen LogP contribution in [0.2, 0.25) is 0 Å². The number of fused-ring (bicyclic) bond motifs is 1. The van der Waals surface area contributed by atoms with Crippen molar-refractivity contribution in [2.24, 2.45) is 5.41 Å². The summed E-state index contributed by atoms with van der Waals surface area (Å²) >= 11 is 0. The molecule has 0 aliphatic carbocycles. The van der Waals surface area contributed by atoms with Gasteiger partial charge in [0.15, 0.2) is 0 Å². The number of aromatic nitrogens is 1. The van der Waals surface area contributed by atoms with E-state index in [1.54, 1.807) is 12.1 Å². The van der Waals surface area contributed by atoms with Crippen molar-refractivity contribution in [3.63, 3.8) is 0 Å². The quantitative estimate of drug-likeness (QED) is 0.692. The largest absolute Gasteiger partial charge is 0.316 e. The molecule has 0 saturated carbocycles. The van der Waals surface area contributed by atoms with Crippen LogP contribution >= 0.6 is 0 Å². The molecular formula is C16H21N3O2. The lowest BCUT2D eigenvalue weighted by Gasteiger charge is -2.30. The number of nitrogens with one attached hydrogen (secondary N) is 1. The molecule has 0 fully saturated rings. The maximum Gasteiger partial charge on any atom is 0.270 e. The molecule has 1 atom stereocenters. The lowest BCUT2D eigenvalue weighted by Crippen LogP contribution is -2.39. The maximum absolute atomic E-state index is 10.8. The van der Waals surface area contributed by atoms with E-state index >= 15 is 0 Å². The second-order valence-electron chi connectivity index (χ2n) is 6.35. The Morgan fingerprint density at radius 1 is 1.29 bits per heavy atom. The maximum atomic E-state index is 10.8. The number of pyridine rings is 1. The van der Waals surface area contributed by atoms with E-state index < -0.39 is 0 Å². The lowest BCUT2D eigenvalue weighted by molar-refractivity contribution is -0.384. The van der Waals surface area contributed by atoms with Crippen LogP contribution < -0.4 is 5.32 Å². The van der Waals surface area contributed by atoms with Gasteiger partial charge in [0.25, 0.3) is 5.69 Å². The highest BCUT2D eigenvalue weighted by Crippen LogP contribution is 2.24. The van der Waals surface area contributed by atoms with Crippen molar-refractivity contribution >= 4 is 16.6 Å². The van der Waals surface area contributed by atoms with E-state index in [4.69, 9.17) is 0 Å². The van der Waals surface area contributed by atoms with Gasteiger partial charge >= 0.3 is 0 Å². The van der Waals surface area contributed by atoms with Gasteiger partial charge in [-0.05, 0) is 24.6 Å². The molecule has 0 radical (unpaired) electrons. The number of non-ortho nitro benzene ring substituents is 1. The molecule has 1 N–H and O–H groups in total. The van der Waals surface area contributed by atoms with Crippen molar-refractivity contribution in [1.29, 1.82) is 0 Å². The Balaban J connectivity index is 2.31. The van der Waals surface area contributed by atoms with Crippen LogP contribution in [-0.2, 0) is 6.42 Å². The molecule has 1 aromatic carbocycles. The monoisotopic (exact) mass is 287 g/mol. The molecule has 0 saturated heterocycles. The SMILES string of the molecule is CNC(Cc1ccc2cc([N+](=O)[O-])ccc2n1)C(C)(C)C. The van der Waals surface area contributed by atoms with Crippen molar-refractivity contribution in [2.45, 2.75) is 33.2 Å². The van der Waals surface area contributed by atoms with Gasteiger partial charge in [-0.3, -0.25) is 15.1 Å². The summed E-state index contributed by atoms with van der Waals surface area (Å²) in [6.45, 7) is 6.58. The predicted molar refractivity (Wildman–Crippen MR) is 84.4 cm³/mol. The van der Waals surface area contributed by atoms with Crippen molar-refractivity contribution in [3.05, 3.63) is 46.1 Å². The second kappa shape index (κ2) is 5.77. The molecule has 0 aliphatic rings. The number of likely N-dealkylation sites (N-methyl/N-ethyl adjacent to an activating group) is 1. The van der Waals surface area contributed by atoms with Gasteiger partial charge in [0.1, 0.15) is 0 Å². The molecule has 0 amide bonds. The van der Waals surface area contributed by atoms with E-state index in [0.717, 1.165) is 23.0 Å². The summed E-state index contributed by atoms with van der Waals surface area (Å²) in [5.41, 5.74) is 2.02. The molecule has 1 unspecified atom stereocenters. The first-order valence-electron chi connectivity index (χ1n) is 7.02. The molecule has 2 aromatic rings. The zero-order chi connectivity index (χ0) is 15.6. The Hall–Kier alpha value is -2.01. The molecule has 0 spiro atoms. The number of nitrogens with zero attached hydrogens (tertiary/aromatic N) is 2. The molecule has 21 heavy (non-hydrogen) atoms. The molecule has 2 rings (SSSR count). The first-order valence-corrected chi connectivity index (χ1v) is 7.02. The Morgan fingerprint density at radius 2 is 2.00 bits per heavy atom. The zero-order valence-corrected chi connectivity index (χ0v) is 12.9. The Labute approximate surface area is 124 Å². The molecule has 0 bridgehead atoms. The summed E-state index contributed by atoms with van der Waals surface area (Å²) in [6.07, 6.45) is 0.826. The van der Waals surface area contributed by atoms with Gasteiger partial charge in [-0.2, -0.15) is 0 Å². The van der Waals surface area contributed by atoms with E-state index in [0.29, 0.717) is 6.04 Å². The van der Waals surface area contributed by atoms with Crippen molar-refractivity contribution in [1.82, 2.24) is 10.3 Å².